The number of amides is 1. The van der Waals surface area contributed by atoms with Crippen LogP contribution in [0.2, 0.25) is 0 Å². The van der Waals surface area contributed by atoms with Gasteiger partial charge in [-0.25, -0.2) is 13.2 Å². The maximum absolute atomic E-state index is 14.2. The molecule has 1 fully saturated rings. The Morgan fingerprint density at radius 1 is 1.14 bits per heavy atom. The highest BCUT2D eigenvalue weighted by Gasteiger charge is 2.48. The Bertz CT molecular complexity index is 868. The number of likely N-dealkylation sites (tertiary alicyclic amines) is 1. The molecule has 3 nitrogen and oxygen atoms in total. The van der Waals surface area contributed by atoms with Crippen LogP contribution in [0.4, 0.5) is 13.2 Å². The Hall–Kier alpha value is -2.34. The maximum Gasteiger partial charge on any atom is 0.265 e. The summed E-state index contributed by atoms with van der Waals surface area (Å²) in [6.45, 7) is 0.367. The molecule has 2 aromatic carbocycles. The van der Waals surface area contributed by atoms with Crippen molar-refractivity contribution in [2.24, 2.45) is 5.92 Å². The molecule has 2 heterocycles. The maximum atomic E-state index is 14.2. The first-order valence-electron chi connectivity index (χ1n) is 9.54. The smallest absolute Gasteiger partial charge is 0.265 e. The number of benzene rings is 2. The summed E-state index contributed by atoms with van der Waals surface area (Å²) in [4.78, 5) is 16.4. The van der Waals surface area contributed by atoms with Crippen LogP contribution < -0.4 is 0 Å². The molecule has 28 heavy (non-hydrogen) atoms. The van der Waals surface area contributed by atoms with Crippen LogP contribution in [0.5, 0.6) is 0 Å². The Morgan fingerprint density at radius 2 is 1.86 bits per heavy atom. The first kappa shape index (κ1) is 19.0. The lowest BCUT2D eigenvalue weighted by atomic mass is 9.87. The van der Waals surface area contributed by atoms with E-state index in [4.69, 9.17) is 0 Å². The van der Waals surface area contributed by atoms with Gasteiger partial charge in [-0.1, -0.05) is 36.4 Å². The molecule has 2 atom stereocenters. The van der Waals surface area contributed by atoms with Crippen molar-refractivity contribution in [1.82, 2.24) is 9.80 Å². The van der Waals surface area contributed by atoms with Gasteiger partial charge in [-0.15, -0.1) is 0 Å². The molecule has 0 spiro atoms. The van der Waals surface area contributed by atoms with Crippen LogP contribution in [0.3, 0.4) is 0 Å². The summed E-state index contributed by atoms with van der Waals surface area (Å²) in [6.07, 6.45) is 0.498. The van der Waals surface area contributed by atoms with Gasteiger partial charge in [0.2, 0.25) is 5.91 Å². The molecule has 6 heteroatoms. The molecule has 148 valence electrons. The monoisotopic (exact) mass is 388 g/mol. The fourth-order valence-corrected chi connectivity index (χ4v) is 4.44. The third-order valence-electron chi connectivity index (χ3n) is 5.82. The van der Waals surface area contributed by atoms with Gasteiger partial charge in [0.25, 0.3) is 5.92 Å². The van der Waals surface area contributed by atoms with Gasteiger partial charge in [-0.2, -0.15) is 0 Å². The zero-order chi connectivity index (χ0) is 19.9. The van der Waals surface area contributed by atoms with Gasteiger partial charge in [-0.05, 0) is 42.3 Å². The third kappa shape index (κ3) is 3.53. The van der Waals surface area contributed by atoms with E-state index in [1.54, 1.807) is 29.0 Å². The van der Waals surface area contributed by atoms with Crippen LogP contribution in [0.1, 0.15) is 29.2 Å². The van der Waals surface area contributed by atoms with E-state index in [1.165, 1.54) is 12.1 Å². The molecule has 1 amide bonds. The van der Waals surface area contributed by atoms with Gasteiger partial charge >= 0.3 is 0 Å². The minimum atomic E-state index is -2.86. The van der Waals surface area contributed by atoms with E-state index in [9.17, 15) is 18.0 Å². The highest BCUT2D eigenvalue weighted by atomic mass is 19.3. The van der Waals surface area contributed by atoms with Crippen LogP contribution in [-0.2, 0) is 11.2 Å². The highest BCUT2D eigenvalue weighted by molar-refractivity contribution is 5.78. The molecule has 2 aromatic rings. The van der Waals surface area contributed by atoms with Crippen molar-refractivity contribution >= 4 is 5.91 Å². The largest absolute Gasteiger partial charge is 0.331 e. The lowest BCUT2D eigenvalue weighted by Crippen LogP contribution is -2.42. The van der Waals surface area contributed by atoms with Crippen molar-refractivity contribution in [3.05, 3.63) is 71.0 Å². The zero-order valence-corrected chi connectivity index (χ0v) is 15.7. The molecular weight excluding hydrogens is 365 g/mol. The van der Waals surface area contributed by atoms with E-state index in [0.717, 1.165) is 16.7 Å². The van der Waals surface area contributed by atoms with Gasteiger partial charge in [0, 0.05) is 25.4 Å². The second-order valence-electron chi connectivity index (χ2n) is 7.85. The summed E-state index contributed by atoms with van der Waals surface area (Å²) >= 11 is 0. The third-order valence-corrected chi connectivity index (χ3v) is 5.82. The quantitative estimate of drug-likeness (QED) is 0.797. The molecule has 0 N–H and O–H groups in total. The van der Waals surface area contributed by atoms with E-state index < -0.39 is 11.8 Å². The molecule has 4 rings (SSSR count). The van der Waals surface area contributed by atoms with Crippen LogP contribution in [0.25, 0.3) is 0 Å². The Balaban J connectivity index is 1.65. The number of alkyl halides is 2. The van der Waals surface area contributed by atoms with Crippen LogP contribution in [0.15, 0.2) is 48.5 Å². The van der Waals surface area contributed by atoms with Gasteiger partial charge in [-0.3, -0.25) is 4.79 Å². The summed E-state index contributed by atoms with van der Waals surface area (Å²) in [5.41, 5.74) is 2.90. The number of carbonyl (C=O) groups is 1. The van der Waals surface area contributed by atoms with Crippen molar-refractivity contribution in [3.63, 3.8) is 0 Å². The fourth-order valence-electron chi connectivity index (χ4n) is 4.44. The number of nitrogens with zero attached hydrogens (tertiary/aromatic N) is 2. The second kappa shape index (κ2) is 7.24. The first-order chi connectivity index (χ1) is 13.3. The average Bonchev–Trinajstić information content (AvgIpc) is 2.92. The van der Waals surface area contributed by atoms with Crippen molar-refractivity contribution in [3.8, 4) is 0 Å². The minimum absolute atomic E-state index is 0.183. The van der Waals surface area contributed by atoms with E-state index in [1.807, 2.05) is 24.3 Å². The Kier molecular flexibility index (Phi) is 4.91. The van der Waals surface area contributed by atoms with E-state index in [0.29, 0.717) is 13.0 Å². The molecule has 0 radical (unpaired) electrons. The molecule has 1 saturated heterocycles. The second-order valence-corrected chi connectivity index (χ2v) is 7.85. The highest BCUT2D eigenvalue weighted by Crippen LogP contribution is 2.39. The van der Waals surface area contributed by atoms with Crippen LogP contribution in [0, 0.1) is 11.7 Å². The first-order valence-corrected chi connectivity index (χ1v) is 9.54. The van der Waals surface area contributed by atoms with Crippen molar-refractivity contribution < 1.29 is 18.0 Å². The molecule has 0 aromatic heterocycles. The van der Waals surface area contributed by atoms with Crippen molar-refractivity contribution in [1.29, 1.82) is 0 Å². The van der Waals surface area contributed by atoms with Gasteiger partial charge in [0.15, 0.2) is 0 Å². The van der Waals surface area contributed by atoms with Crippen LogP contribution in [-0.4, -0.2) is 48.3 Å². The number of rotatable bonds is 3. The summed E-state index contributed by atoms with van der Waals surface area (Å²) in [7, 11) is 1.65. The van der Waals surface area contributed by atoms with E-state index >= 15 is 0 Å². The predicted molar refractivity (Wildman–Crippen MR) is 101 cm³/mol. The molecule has 0 saturated carbocycles. The Morgan fingerprint density at radius 3 is 2.54 bits per heavy atom. The van der Waals surface area contributed by atoms with E-state index in [2.05, 4.69) is 0 Å². The lowest BCUT2D eigenvalue weighted by Gasteiger charge is -2.38. The molecule has 0 bridgehead atoms. The summed E-state index contributed by atoms with van der Waals surface area (Å²) in [5, 5.41) is 0. The number of fused-ring (bicyclic) bond motifs is 1. The number of hydrogen-bond donors (Lipinski definition) is 0. The Labute approximate surface area is 162 Å². The molecule has 0 aliphatic carbocycles. The van der Waals surface area contributed by atoms with Crippen molar-refractivity contribution in [2.45, 2.75) is 24.8 Å². The normalized spacial score (nSPS) is 24.2. The summed E-state index contributed by atoms with van der Waals surface area (Å²) in [6, 6.07) is 13.5. The SMILES string of the molecule is CN1C[C@H](CC(=O)N2CCc3ccccc3[C@@H]2c2ccc(F)cc2)C(F)(F)C1. The van der Waals surface area contributed by atoms with Gasteiger partial charge in [0.1, 0.15) is 5.82 Å². The topological polar surface area (TPSA) is 23.6 Å². The lowest BCUT2D eigenvalue weighted by molar-refractivity contribution is -0.137. The zero-order valence-electron chi connectivity index (χ0n) is 15.7. The summed E-state index contributed by atoms with van der Waals surface area (Å²) in [5.74, 6) is -4.46. The average molecular weight is 388 g/mol. The standard InChI is InChI=1S/C22H23F3N2O/c1-26-13-17(22(24,25)14-26)12-20(28)27-11-10-15-4-2-3-5-19(15)21(27)16-6-8-18(23)9-7-16/h2-9,17,21H,10-14H2,1H3/t17-,21-/m0/s1. The fraction of sp³-hybridized carbons (Fsp3) is 0.409. The van der Waals surface area contributed by atoms with Crippen LogP contribution >= 0.6 is 0 Å². The molecular formula is C22H23F3N2O. The number of carbonyl (C=O) groups excluding carboxylic acids is 1. The number of hydrogen-bond acceptors (Lipinski definition) is 2. The summed E-state index contributed by atoms with van der Waals surface area (Å²) < 4.78 is 41.9. The predicted octanol–water partition coefficient (Wildman–Crippen LogP) is 3.89. The van der Waals surface area contributed by atoms with E-state index in [-0.39, 0.29) is 37.3 Å². The van der Waals surface area contributed by atoms with Gasteiger partial charge < -0.3 is 9.80 Å². The number of halogens is 3. The molecule has 2 aliphatic heterocycles. The molecule has 0 unspecified atom stereocenters. The minimum Gasteiger partial charge on any atom is -0.331 e. The van der Waals surface area contributed by atoms with Gasteiger partial charge in [0.05, 0.1) is 12.6 Å². The van der Waals surface area contributed by atoms with Crippen molar-refractivity contribution in [2.75, 3.05) is 26.7 Å². The molecule has 2 aliphatic rings.